The summed E-state index contributed by atoms with van der Waals surface area (Å²) in [6, 6.07) is 45.0. The molecule has 0 atom stereocenters. The van der Waals surface area contributed by atoms with Crippen LogP contribution in [0.5, 0.6) is 0 Å². The van der Waals surface area contributed by atoms with Crippen molar-refractivity contribution in [1.29, 1.82) is 0 Å². The molecule has 0 saturated carbocycles. The van der Waals surface area contributed by atoms with Crippen LogP contribution in [0, 0.1) is 0 Å². The molecule has 30 heavy (non-hydrogen) atoms. The van der Waals surface area contributed by atoms with Crippen LogP contribution in [0.1, 0.15) is 0 Å². The van der Waals surface area contributed by atoms with Crippen LogP contribution in [0.25, 0.3) is 10.8 Å². The normalized spacial score (nSPS) is 9.97. The average Bonchev–Trinajstić information content (AvgIpc) is 3.49. The van der Waals surface area contributed by atoms with Crippen LogP contribution in [0.15, 0.2) is 127 Å². The summed E-state index contributed by atoms with van der Waals surface area (Å²) >= 11 is -2.50. The maximum Gasteiger partial charge on any atom is -0.0166 e. The van der Waals surface area contributed by atoms with E-state index in [1.165, 1.54) is 26.7 Å². The van der Waals surface area contributed by atoms with Crippen LogP contribution >= 0.6 is 7.92 Å². The van der Waals surface area contributed by atoms with E-state index in [1.54, 1.807) is 0 Å². The molecular weight excluding hydrogens is 429 g/mol. The van der Waals surface area contributed by atoms with Crippen LogP contribution in [0.3, 0.4) is 0 Å². The van der Waals surface area contributed by atoms with Crippen molar-refractivity contribution in [1.82, 2.24) is 0 Å². The standard InChI is InChI=1S/C21H16P.C5H5.2FH.Ti/c1-3-11-19(12-4-1)22(20-13-5-2-6-14-20)21-15-17-9-7-8-10-18(17)16-21;1-2-4-5-3-1;;;/h1-16H;1-5H;2*1H;/q2*-1;;;+2/p-2. The molecule has 0 N–H and O–H groups in total. The molecule has 5 aromatic carbocycles. The quantitative estimate of drug-likeness (QED) is 0.166. The van der Waals surface area contributed by atoms with Gasteiger partial charge in [0.1, 0.15) is 0 Å². The van der Waals surface area contributed by atoms with Gasteiger partial charge in [-0.05, 0) is 18.5 Å². The molecule has 4 heteroatoms. The third kappa shape index (κ3) is 6.31. The molecule has 150 valence electrons. The molecule has 0 fully saturated rings. The summed E-state index contributed by atoms with van der Waals surface area (Å²) < 4.78 is 19.5. The number of fused-ring (bicyclic) bond motifs is 1. The minimum Gasteiger partial charge on any atom is -0.214 e. The molecule has 0 aliphatic rings. The molecule has 0 bridgehead atoms. The van der Waals surface area contributed by atoms with Gasteiger partial charge in [-0.2, -0.15) is 24.3 Å². The molecule has 0 aliphatic heterocycles. The Balaban J connectivity index is 0.000000272. The Bertz CT molecular complexity index is 1000. The minimum absolute atomic E-state index is 0.493. The minimum atomic E-state index is -2.50. The van der Waals surface area contributed by atoms with Crippen LogP contribution in [-0.4, -0.2) is 0 Å². The van der Waals surface area contributed by atoms with Crippen molar-refractivity contribution >= 4 is 34.6 Å². The van der Waals surface area contributed by atoms with Crippen molar-refractivity contribution in [2.45, 2.75) is 0 Å². The van der Waals surface area contributed by atoms with Gasteiger partial charge in [0, 0.05) is 0 Å². The Morgan fingerprint density at radius 1 is 0.633 bits per heavy atom. The fraction of sp³-hybridized carbons (Fsp3) is 0. The number of rotatable bonds is 3. The van der Waals surface area contributed by atoms with E-state index in [1.807, 2.05) is 30.3 Å². The Labute approximate surface area is 188 Å². The van der Waals surface area contributed by atoms with Gasteiger partial charge in [0.15, 0.2) is 0 Å². The van der Waals surface area contributed by atoms with Crippen LogP contribution in [-0.2, 0) is 20.2 Å². The number of benzene rings is 3. The van der Waals surface area contributed by atoms with Gasteiger partial charge in [-0.1, -0.05) is 66.7 Å². The van der Waals surface area contributed by atoms with Crippen LogP contribution in [0.4, 0.5) is 6.18 Å². The van der Waals surface area contributed by atoms with Gasteiger partial charge in [0.25, 0.3) is 0 Å². The van der Waals surface area contributed by atoms with Gasteiger partial charge in [-0.3, -0.25) is 0 Å². The van der Waals surface area contributed by atoms with Crippen molar-refractivity contribution in [3.05, 3.63) is 127 Å². The van der Waals surface area contributed by atoms with Gasteiger partial charge >= 0.3 is 26.4 Å². The monoisotopic (exact) mass is 450 g/mol. The number of halogens is 2. The first kappa shape index (κ1) is 22.3. The fourth-order valence-corrected chi connectivity index (χ4v) is 5.56. The summed E-state index contributed by atoms with van der Waals surface area (Å²) in [6.07, 6.45) is 0. The van der Waals surface area contributed by atoms with Crippen LogP contribution in [0.2, 0.25) is 0 Å². The van der Waals surface area contributed by atoms with Crippen molar-refractivity contribution in [3.63, 3.8) is 0 Å². The van der Waals surface area contributed by atoms with Gasteiger partial charge in [-0.15, -0.1) is 40.3 Å². The maximum absolute atomic E-state index is 9.75. The van der Waals surface area contributed by atoms with E-state index in [4.69, 9.17) is 0 Å². The largest absolute Gasteiger partial charge is 0.214 e. The van der Waals surface area contributed by atoms with E-state index >= 15 is 0 Å². The summed E-state index contributed by atoms with van der Waals surface area (Å²) in [7, 11) is -0.493. The molecule has 0 unspecified atom stereocenters. The second-order valence-corrected chi connectivity index (χ2v) is 8.83. The molecule has 0 saturated heterocycles. The summed E-state index contributed by atoms with van der Waals surface area (Å²) in [5, 5.41) is 6.89. The topological polar surface area (TPSA) is 0 Å². The maximum atomic E-state index is 9.75. The van der Waals surface area contributed by atoms with Crippen molar-refractivity contribution in [2.24, 2.45) is 0 Å². The first-order valence-electron chi connectivity index (χ1n) is 9.52. The zero-order valence-corrected chi connectivity index (χ0v) is 18.8. The summed E-state index contributed by atoms with van der Waals surface area (Å²) in [5.41, 5.74) is 0. The molecule has 0 heterocycles. The molecule has 0 spiro atoms. The Morgan fingerprint density at radius 3 is 1.60 bits per heavy atom. The molecule has 5 aromatic rings. The Hall–Kier alpha value is -2.38. The smallest absolute Gasteiger partial charge is 0.0166 e. The first-order chi connectivity index (χ1) is 14.8. The van der Waals surface area contributed by atoms with Gasteiger partial charge in [0.05, 0.1) is 0 Å². The fourth-order valence-electron chi connectivity index (χ4n) is 3.19. The SMILES string of the molecule is [F][Ti][F].c1cc[cH-]c1.c1ccc(P(c2ccccc2)c2cc3ccccc3[cH-]2)cc1. The first-order valence-corrected chi connectivity index (χ1v) is 12.0. The molecular formula is C26H21F2PTi-2. The zero-order chi connectivity index (χ0) is 21.0. The molecule has 0 radical (unpaired) electrons. The average molecular weight is 450 g/mol. The summed E-state index contributed by atoms with van der Waals surface area (Å²) in [6.45, 7) is 0. The number of hydrogen-bond acceptors (Lipinski definition) is 0. The third-order valence-electron chi connectivity index (χ3n) is 4.45. The predicted molar refractivity (Wildman–Crippen MR) is 122 cm³/mol. The second kappa shape index (κ2) is 12.3. The van der Waals surface area contributed by atoms with Gasteiger partial charge in [-0.25, -0.2) is 12.1 Å². The molecule has 0 nitrogen and oxygen atoms in total. The summed E-state index contributed by atoms with van der Waals surface area (Å²) in [4.78, 5) is 0. The van der Waals surface area contributed by atoms with E-state index in [-0.39, 0.29) is 0 Å². The van der Waals surface area contributed by atoms with E-state index in [2.05, 4.69) is 97.1 Å². The summed E-state index contributed by atoms with van der Waals surface area (Å²) in [5.74, 6) is 0. The van der Waals surface area contributed by atoms with E-state index in [0.29, 0.717) is 0 Å². The number of hydrogen-bond donors (Lipinski definition) is 0. The van der Waals surface area contributed by atoms with E-state index in [9.17, 15) is 6.18 Å². The van der Waals surface area contributed by atoms with Crippen molar-refractivity contribution in [3.8, 4) is 0 Å². The molecule has 0 aromatic heterocycles. The Morgan fingerprint density at radius 2 is 1.13 bits per heavy atom. The van der Waals surface area contributed by atoms with Gasteiger partial charge in [0.2, 0.25) is 0 Å². The van der Waals surface area contributed by atoms with Gasteiger partial charge < -0.3 is 0 Å². The Kier molecular flexibility index (Phi) is 9.18. The zero-order valence-electron chi connectivity index (χ0n) is 16.3. The van der Waals surface area contributed by atoms with Crippen molar-refractivity contribution in [2.75, 3.05) is 0 Å². The van der Waals surface area contributed by atoms with Crippen molar-refractivity contribution < 1.29 is 26.4 Å². The van der Waals surface area contributed by atoms with E-state index < -0.39 is 28.1 Å². The molecule has 0 aliphatic carbocycles. The molecule has 0 amide bonds. The molecule has 5 rings (SSSR count). The second-order valence-electron chi connectivity index (χ2n) is 6.38. The van der Waals surface area contributed by atoms with E-state index in [0.717, 1.165) is 0 Å². The van der Waals surface area contributed by atoms with Crippen LogP contribution < -0.4 is 15.9 Å². The third-order valence-corrected chi connectivity index (χ3v) is 6.85. The predicted octanol–water partition coefficient (Wildman–Crippen LogP) is 6.56.